The molecule has 0 heterocycles. The summed E-state index contributed by atoms with van der Waals surface area (Å²) < 4.78 is 61.7. The lowest BCUT2D eigenvalue weighted by molar-refractivity contribution is -0.135. The first-order valence-corrected chi connectivity index (χ1v) is 7.46. The van der Waals surface area contributed by atoms with Crippen molar-refractivity contribution in [1.29, 1.82) is 0 Å². The molecule has 0 unspecified atom stereocenters. The van der Waals surface area contributed by atoms with Gasteiger partial charge in [0, 0.05) is 27.2 Å². The van der Waals surface area contributed by atoms with Crippen molar-refractivity contribution >= 4 is 10.2 Å². The molecule has 0 aromatic rings. The van der Waals surface area contributed by atoms with Crippen molar-refractivity contribution in [2.75, 3.05) is 40.3 Å². The fraction of sp³-hybridized carbons (Fsp3) is 1.00. The molecule has 0 aromatic heterocycles. The Morgan fingerprint density at radius 2 is 1.63 bits per heavy atom. The average molecular weight is 305 g/mol. The molecule has 116 valence electrons. The summed E-state index contributed by atoms with van der Waals surface area (Å²) in [5.74, 6) is 0. The zero-order valence-electron chi connectivity index (χ0n) is 11.5. The summed E-state index contributed by atoms with van der Waals surface area (Å²) in [4.78, 5) is 0. The smallest absolute Gasteiger partial charge is 0.317 e. The summed E-state index contributed by atoms with van der Waals surface area (Å²) in [5, 5.41) is 3.05. The molecule has 5 nitrogen and oxygen atoms in total. The Labute approximate surface area is 112 Å². The van der Waals surface area contributed by atoms with Crippen LogP contribution >= 0.6 is 0 Å². The van der Waals surface area contributed by atoms with Crippen molar-refractivity contribution in [2.24, 2.45) is 0 Å². The second-order valence-corrected chi connectivity index (χ2v) is 6.37. The zero-order valence-corrected chi connectivity index (χ0v) is 12.3. The van der Waals surface area contributed by atoms with Crippen LogP contribution in [-0.2, 0) is 10.2 Å². The molecule has 0 aliphatic carbocycles. The van der Waals surface area contributed by atoms with E-state index in [1.807, 2.05) is 6.92 Å². The topological polar surface area (TPSA) is 52.7 Å². The summed E-state index contributed by atoms with van der Waals surface area (Å²) in [6.45, 7) is 3.10. The third-order valence-corrected chi connectivity index (χ3v) is 4.52. The summed E-state index contributed by atoms with van der Waals surface area (Å²) in [5.41, 5.74) is 0. The number of hydrogen-bond donors (Lipinski definition) is 1. The maximum atomic E-state index is 12.0. The number of rotatable bonds is 9. The minimum Gasteiger partial charge on any atom is -0.317 e. The van der Waals surface area contributed by atoms with Gasteiger partial charge >= 0.3 is 6.18 Å². The first kappa shape index (κ1) is 18.6. The van der Waals surface area contributed by atoms with Gasteiger partial charge in [-0.1, -0.05) is 6.92 Å². The standard InChI is InChI=1S/C10H22F3N3O2S/c1-4-14-7-5-8-15(2)19(17,18)16(3)9-6-10(11,12)13/h14H,4-9H2,1-3H3. The number of nitrogens with zero attached hydrogens (tertiary/aromatic N) is 2. The minimum absolute atomic E-state index is 0.270. The largest absolute Gasteiger partial charge is 0.390 e. The van der Waals surface area contributed by atoms with Gasteiger partial charge in [-0.2, -0.15) is 30.2 Å². The van der Waals surface area contributed by atoms with E-state index in [1.165, 1.54) is 7.05 Å². The molecule has 0 atom stereocenters. The molecular formula is C10H22F3N3O2S. The molecule has 9 heteroatoms. The number of halogens is 3. The van der Waals surface area contributed by atoms with Gasteiger partial charge in [-0.3, -0.25) is 0 Å². The van der Waals surface area contributed by atoms with Gasteiger partial charge in [-0.05, 0) is 19.5 Å². The van der Waals surface area contributed by atoms with E-state index in [-0.39, 0.29) is 6.54 Å². The van der Waals surface area contributed by atoms with Crippen LogP contribution in [0.1, 0.15) is 19.8 Å². The van der Waals surface area contributed by atoms with Crippen LogP contribution in [0, 0.1) is 0 Å². The molecule has 0 rings (SSSR count). The highest BCUT2D eigenvalue weighted by Crippen LogP contribution is 2.20. The Balaban J connectivity index is 4.26. The van der Waals surface area contributed by atoms with Gasteiger partial charge in [-0.25, -0.2) is 0 Å². The van der Waals surface area contributed by atoms with Crippen molar-refractivity contribution < 1.29 is 21.6 Å². The van der Waals surface area contributed by atoms with Gasteiger partial charge in [0.05, 0.1) is 6.42 Å². The van der Waals surface area contributed by atoms with E-state index in [4.69, 9.17) is 0 Å². The first-order chi connectivity index (χ1) is 8.61. The van der Waals surface area contributed by atoms with Gasteiger partial charge in [0.1, 0.15) is 0 Å². The predicted octanol–water partition coefficient (Wildman–Crippen LogP) is 1.05. The van der Waals surface area contributed by atoms with Gasteiger partial charge in [-0.15, -0.1) is 0 Å². The Morgan fingerprint density at radius 1 is 1.11 bits per heavy atom. The number of hydrogen-bond acceptors (Lipinski definition) is 3. The Morgan fingerprint density at radius 3 is 2.11 bits per heavy atom. The SMILES string of the molecule is CCNCCCN(C)S(=O)(=O)N(C)CCC(F)(F)F. The predicted molar refractivity (Wildman–Crippen MR) is 68.0 cm³/mol. The van der Waals surface area contributed by atoms with Crippen LogP contribution in [-0.4, -0.2) is 63.5 Å². The van der Waals surface area contributed by atoms with Crippen LogP contribution < -0.4 is 5.32 Å². The van der Waals surface area contributed by atoms with E-state index in [9.17, 15) is 21.6 Å². The number of nitrogens with one attached hydrogen (secondary N) is 1. The molecule has 0 spiro atoms. The van der Waals surface area contributed by atoms with E-state index >= 15 is 0 Å². The van der Waals surface area contributed by atoms with E-state index in [0.29, 0.717) is 13.0 Å². The van der Waals surface area contributed by atoms with Crippen LogP contribution in [0.4, 0.5) is 13.2 Å². The third-order valence-electron chi connectivity index (χ3n) is 2.57. The van der Waals surface area contributed by atoms with E-state index < -0.39 is 29.4 Å². The summed E-state index contributed by atoms with van der Waals surface area (Å²) in [6, 6.07) is 0. The molecule has 0 saturated carbocycles. The van der Waals surface area contributed by atoms with Crippen LogP contribution in [0.5, 0.6) is 0 Å². The molecule has 1 N–H and O–H groups in total. The maximum Gasteiger partial charge on any atom is 0.390 e. The maximum absolute atomic E-state index is 12.0. The fourth-order valence-electron chi connectivity index (χ4n) is 1.36. The molecule has 0 aromatic carbocycles. The van der Waals surface area contributed by atoms with E-state index in [2.05, 4.69) is 5.32 Å². The Kier molecular flexibility index (Phi) is 7.87. The average Bonchev–Trinajstić information content (AvgIpc) is 2.30. The van der Waals surface area contributed by atoms with Gasteiger partial charge < -0.3 is 5.32 Å². The normalized spacial score (nSPS) is 13.5. The summed E-state index contributed by atoms with van der Waals surface area (Å²) in [7, 11) is -1.29. The quantitative estimate of drug-likeness (QED) is 0.648. The number of alkyl halides is 3. The molecule has 0 aliphatic rings. The van der Waals surface area contributed by atoms with Crippen molar-refractivity contribution in [3.05, 3.63) is 0 Å². The van der Waals surface area contributed by atoms with Crippen molar-refractivity contribution in [2.45, 2.75) is 25.9 Å². The van der Waals surface area contributed by atoms with Gasteiger partial charge in [0.15, 0.2) is 0 Å². The summed E-state index contributed by atoms with van der Waals surface area (Å²) in [6.07, 6.45) is -4.89. The Bertz CT molecular complexity index is 346. The molecule has 0 fully saturated rings. The molecule has 0 bridgehead atoms. The Hall–Kier alpha value is -0.380. The van der Waals surface area contributed by atoms with Crippen molar-refractivity contribution in [1.82, 2.24) is 13.9 Å². The third kappa shape index (κ3) is 7.71. The van der Waals surface area contributed by atoms with Crippen LogP contribution in [0.15, 0.2) is 0 Å². The molecule has 0 amide bonds. The van der Waals surface area contributed by atoms with Gasteiger partial charge in [0.2, 0.25) is 0 Å². The first-order valence-electron chi connectivity index (χ1n) is 6.06. The second kappa shape index (κ2) is 8.03. The lowest BCUT2D eigenvalue weighted by Gasteiger charge is -2.24. The lowest BCUT2D eigenvalue weighted by atomic mass is 10.4. The second-order valence-electron chi connectivity index (χ2n) is 4.22. The zero-order chi connectivity index (χ0) is 15.1. The molecule has 0 aliphatic heterocycles. The molecule has 0 saturated heterocycles. The highest BCUT2D eigenvalue weighted by Gasteiger charge is 2.31. The van der Waals surface area contributed by atoms with Crippen LogP contribution in [0.25, 0.3) is 0 Å². The molecule has 0 radical (unpaired) electrons. The highest BCUT2D eigenvalue weighted by molar-refractivity contribution is 7.86. The van der Waals surface area contributed by atoms with Crippen LogP contribution in [0.3, 0.4) is 0 Å². The lowest BCUT2D eigenvalue weighted by Crippen LogP contribution is -2.41. The monoisotopic (exact) mass is 305 g/mol. The van der Waals surface area contributed by atoms with Gasteiger partial charge in [0.25, 0.3) is 10.2 Å². The van der Waals surface area contributed by atoms with E-state index in [0.717, 1.165) is 22.2 Å². The fourth-order valence-corrected chi connectivity index (χ4v) is 2.51. The van der Waals surface area contributed by atoms with Crippen molar-refractivity contribution in [3.8, 4) is 0 Å². The minimum atomic E-state index is -4.35. The molecular weight excluding hydrogens is 283 g/mol. The summed E-state index contributed by atoms with van der Waals surface area (Å²) >= 11 is 0. The highest BCUT2D eigenvalue weighted by atomic mass is 32.2. The van der Waals surface area contributed by atoms with E-state index in [1.54, 1.807) is 0 Å². The molecule has 19 heavy (non-hydrogen) atoms. The van der Waals surface area contributed by atoms with Crippen molar-refractivity contribution in [3.63, 3.8) is 0 Å². The van der Waals surface area contributed by atoms with Crippen LogP contribution in [0.2, 0.25) is 0 Å².